The zero-order chi connectivity index (χ0) is 19.2. The van der Waals surface area contributed by atoms with Gasteiger partial charge in [-0.1, -0.05) is 61.1 Å². The van der Waals surface area contributed by atoms with Crippen LogP contribution < -0.4 is 10.1 Å². The van der Waals surface area contributed by atoms with Crippen LogP contribution in [0.1, 0.15) is 35.9 Å². The summed E-state index contributed by atoms with van der Waals surface area (Å²) in [6.45, 7) is 4.19. The van der Waals surface area contributed by atoms with Gasteiger partial charge in [0.2, 0.25) is 5.13 Å². The molecule has 0 fully saturated rings. The van der Waals surface area contributed by atoms with Gasteiger partial charge in [0.05, 0.1) is 0 Å². The number of carbonyl (C=O) groups is 1. The summed E-state index contributed by atoms with van der Waals surface area (Å²) in [7, 11) is 0. The molecule has 0 bridgehead atoms. The molecule has 0 aliphatic heterocycles. The Kier molecular flexibility index (Phi) is 6.42. The van der Waals surface area contributed by atoms with E-state index in [9.17, 15) is 4.79 Å². The lowest BCUT2D eigenvalue weighted by molar-refractivity contribution is -0.118. The Balaban J connectivity index is 1.49. The van der Waals surface area contributed by atoms with Crippen molar-refractivity contribution >= 4 is 34.0 Å². The fraction of sp³-hybridized carbons (Fsp3) is 0.250. The van der Waals surface area contributed by atoms with E-state index < -0.39 is 0 Å². The third kappa shape index (κ3) is 5.77. The Hall–Kier alpha value is -2.44. The van der Waals surface area contributed by atoms with Gasteiger partial charge in [0.25, 0.3) is 5.91 Å². The molecular formula is C20H20ClN3O2S. The van der Waals surface area contributed by atoms with Gasteiger partial charge < -0.3 is 4.74 Å². The van der Waals surface area contributed by atoms with Gasteiger partial charge in [-0.25, -0.2) is 0 Å². The first-order chi connectivity index (χ1) is 13.0. The third-order valence-corrected chi connectivity index (χ3v) is 4.99. The fourth-order valence-corrected chi connectivity index (χ4v) is 3.32. The molecule has 1 amide bonds. The van der Waals surface area contributed by atoms with Crippen molar-refractivity contribution in [3.63, 3.8) is 0 Å². The summed E-state index contributed by atoms with van der Waals surface area (Å²) in [4.78, 5) is 12.1. The molecular weight excluding hydrogens is 382 g/mol. The van der Waals surface area contributed by atoms with Crippen molar-refractivity contribution in [3.05, 3.63) is 69.7 Å². The molecule has 5 nitrogen and oxygen atoms in total. The average molecular weight is 402 g/mol. The van der Waals surface area contributed by atoms with Gasteiger partial charge in [-0.2, -0.15) is 0 Å². The highest BCUT2D eigenvalue weighted by atomic mass is 35.5. The van der Waals surface area contributed by atoms with Crippen LogP contribution in [0, 0.1) is 0 Å². The molecule has 0 unspecified atom stereocenters. The van der Waals surface area contributed by atoms with Crippen LogP contribution in [0.5, 0.6) is 5.75 Å². The standard InChI is InChI=1S/C20H20ClN3O2S/c1-13(2)15-5-9-17(10-6-15)26-12-18(25)22-20-24-23-19(27-20)11-14-3-7-16(21)8-4-14/h3-10,13H,11-12H2,1-2H3,(H,22,24,25). The van der Waals surface area contributed by atoms with Gasteiger partial charge in [-0.05, 0) is 41.3 Å². The highest BCUT2D eigenvalue weighted by Gasteiger charge is 2.10. The van der Waals surface area contributed by atoms with Crippen molar-refractivity contribution in [1.29, 1.82) is 0 Å². The number of halogens is 1. The second kappa shape index (κ2) is 8.97. The molecule has 1 aromatic heterocycles. The van der Waals surface area contributed by atoms with Gasteiger partial charge in [0.1, 0.15) is 10.8 Å². The molecule has 27 heavy (non-hydrogen) atoms. The summed E-state index contributed by atoms with van der Waals surface area (Å²) >= 11 is 7.23. The number of hydrogen-bond acceptors (Lipinski definition) is 5. The minimum atomic E-state index is -0.267. The fourth-order valence-electron chi connectivity index (χ4n) is 2.41. The van der Waals surface area contributed by atoms with Crippen LogP contribution in [0.15, 0.2) is 48.5 Å². The summed E-state index contributed by atoms with van der Waals surface area (Å²) < 4.78 is 5.52. The van der Waals surface area contributed by atoms with Gasteiger partial charge in [-0.15, -0.1) is 10.2 Å². The molecule has 7 heteroatoms. The van der Waals surface area contributed by atoms with Crippen LogP contribution in [0.4, 0.5) is 5.13 Å². The molecule has 3 rings (SSSR count). The quantitative estimate of drug-likeness (QED) is 0.610. The Morgan fingerprint density at radius 3 is 2.48 bits per heavy atom. The average Bonchev–Trinajstić information content (AvgIpc) is 3.09. The summed E-state index contributed by atoms with van der Waals surface area (Å²) in [6, 6.07) is 15.3. The van der Waals surface area contributed by atoms with E-state index in [1.807, 2.05) is 48.5 Å². The number of anilines is 1. The second-order valence-corrected chi connectivity index (χ2v) is 7.86. The van der Waals surface area contributed by atoms with Gasteiger partial charge in [0, 0.05) is 11.4 Å². The molecule has 140 valence electrons. The number of rotatable bonds is 7. The van der Waals surface area contributed by atoms with Crippen LogP contribution in [0.25, 0.3) is 0 Å². The van der Waals surface area contributed by atoms with Crippen LogP contribution in [-0.2, 0) is 11.2 Å². The Morgan fingerprint density at radius 1 is 1.11 bits per heavy atom. The van der Waals surface area contributed by atoms with E-state index in [0.29, 0.717) is 28.2 Å². The van der Waals surface area contributed by atoms with Crippen LogP contribution in [-0.4, -0.2) is 22.7 Å². The Labute approximate surface area is 167 Å². The molecule has 1 N–H and O–H groups in total. The molecule has 2 aromatic carbocycles. The molecule has 0 saturated heterocycles. The first-order valence-corrected chi connectivity index (χ1v) is 9.78. The van der Waals surface area contributed by atoms with Crippen molar-refractivity contribution in [2.45, 2.75) is 26.2 Å². The Morgan fingerprint density at radius 2 is 1.81 bits per heavy atom. The minimum absolute atomic E-state index is 0.0763. The van der Waals surface area contributed by atoms with Crippen LogP contribution >= 0.6 is 22.9 Å². The van der Waals surface area contributed by atoms with E-state index >= 15 is 0 Å². The van der Waals surface area contributed by atoms with E-state index in [-0.39, 0.29) is 12.5 Å². The lowest BCUT2D eigenvalue weighted by Crippen LogP contribution is -2.20. The summed E-state index contributed by atoms with van der Waals surface area (Å²) in [5.74, 6) is 0.856. The number of amides is 1. The maximum Gasteiger partial charge on any atom is 0.264 e. The molecule has 0 atom stereocenters. The molecule has 0 spiro atoms. The number of carbonyl (C=O) groups excluding carboxylic acids is 1. The van der Waals surface area contributed by atoms with Crippen molar-refractivity contribution in [1.82, 2.24) is 10.2 Å². The van der Waals surface area contributed by atoms with Crippen molar-refractivity contribution in [2.24, 2.45) is 0 Å². The predicted octanol–water partition coefficient (Wildman–Crippen LogP) is 4.92. The number of nitrogens with zero attached hydrogens (tertiary/aromatic N) is 2. The normalized spacial score (nSPS) is 10.8. The maximum absolute atomic E-state index is 12.1. The molecule has 0 radical (unpaired) electrons. The number of aromatic nitrogens is 2. The predicted molar refractivity (Wildman–Crippen MR) is 109 cm³/mol. The van der Waals surface area contributed by atoms with Crippen LogP contribution in [0.3, 0.4) is 0 Å². The van der Waals surface area contributed by atoms with E-state index in [4.69, 9.17) is 16.3 Å². The topological polar surface area (TPSA) is 64.1 Å². The number of nitrogens with one attached hydrogen (secondary N) is 1. The highest BCUT2D eigenvalue weighted by Crippen LogP contribution is 2.20. The Bertz CT molecular complexity index is 892. The van der Waals surface area contributed by atoms with Crippen LogP contribution in [0.2, 0.25) is 5.02 Å². The molecule has 0 saturated carbocycles. The summed E-state index contributed by atoms with van der Waals surface area (Å²) in [5.41, 5.74) is 2.32. The lowest BCUT2D eigenvalue weighted by atomic mass is 10.0. The van der Waals surface area contributed by atoms with E-state index in [1.54, 1.807) is 0 Å². The third-order valence-electron chi connectivity index (χ3n) is 3.90. The first kappa shape index (κ1) is 19.3. The van der Waals surface area contributed by atoms with Crippen molar-refractivity contribution < 1.29 is 9.53 Å². The van der Waals surface area contributed by atoms with E-state index in [2.05, 4.69) is 29.4 Å². The minimum Gasteiger partial charge on any atom is -0.484 e. The number of hydrogen-bond donors (Lipinski definition) is 1. The van der Waals surface area contributed by atoms with Gasteiger partial charge >= 0.3 is 0 Å². The lowest BCUT2D eigenvalue weighted by Gasteiger charge is -2.08. The van der Waals surface area contributed by atoms with Gasteiger partial charge in [-0.3, -0.25) is 10.1 Å². The van der Waals surface area contributed by atoms with E-state index in [0.717, 1.165) is 10.6 Å². The van der Waals surface area contributed by atoms with E-state index in [1.165, 1.54) is 16.9 Å². The summed E-state index contributed by atoms with van der Waals surface area (Å²) in [6.07, 6.45) is 0.642. The molecule has 1 heterocycles. The SMILES string of the molecule is CC(C)c1ccc(OCC(=O)Nc2nnc(Cc3ccc(Cl)cc3)s2)cc1. The zero-order valence-corrected chi connectivity index (χ0v) is 16.7. The molecule has 0 aliphatic carbocycles. The monoisotopic (exact) mass is 401 g/mol. The second-order valence-electron chi connectivity index (χ2n) is 6.36. The maximum atomic E-state index is 12.1. The number of benzene rings is 2. The number of ether oxygens (including phenoxy) is 1. The first-order valence-electron chi connectivity index (χ1n) is 8.59. The highest BCUT2D eigenvalue weighted by molar-refractivity contribution is 7.15. The largest absolute Gasteiger partial charge is 0.484 e. The smallest absolute Gasteiger partial charge is 0.264 e. The van der Waals surface area contributed by atoms with Crippen molar-refractivity contribution in [3.8, 4) is 5.75 Å². The van der Waals surface area contributed by atoms with Gasteiger partial charge in [0.15, 0.2) is 6.61 Å². The zero-order valence-electron chi connectivity index (χ0n) is 15.1. The molecule has 0 aliphatic rings. The van der Waals surface area contributed by atoms with Crippen molar-refractivity contribution in [2.75, 3.05) is 11.9 Å². The molecule has 3 aromatic rings. The summed E-state index contributed by atoms with van der Waals surface area (Å²) in [5, 5.41) is 12.8.